The number of hydrogen-bond acceptors (Lipinski definition) is 4. The second-order valence-electron chi connectivity index (χ2n) is 4.72. The van der Waals surface area contributed by atoms with Crippen LogP contribution in [0, 0.1) is 6.92 Å². The summed E-state index contributed by atoms with van der Waals surface area (Å²) in [7, 11) is 0. The fraction of sp³-hybridized carbons (Fsp3) is 0.267. The van der Waals surface area contributed by atoms with Crippen LogP contribution < -0.4 is 4.74 Å². The molecule has 0 saturated carbocycles. The van der Waals surface area contributed by atoms with Crippen LogP contribution in [0.3, 0.4) is 0 Å². The van der Waals surface area contributed by atoms with Gasteiger partial charge in [0.05, 0.1) is 0 Å². The lowest BCUT2D eigenvalue weighted by atomic mass is 10.1. The molecule has 1 atom stereocenters. The Bertz CT molecular complexity index is 623. The van der Waals surface area contributed by atoms with Gasteiger partial charge in [0.15, 0.2) is 4.88 Å². The molecule has 1 unspecified atom stereocenters. The highest BCUT2D eigenvalue weighted by Gasteiger charge is 2.23. The fourth-order valence-corrected chi connectivity index (χ4v) is 4.29. The SMILES string of the molecule is Cc1cc(OCC2Cc3ccccc3S2)c(C(=O)O)s1. The smallest absolute Gasteiger partial charge is 0.349 e. The van der Waals surface area contributed by atoms with E-state index < -0.39 is 5.97 Å². The van der Waals surface area contributed by atoms with Crippen LogP contribution in [-0.2, 0) is 6.42 Å². The van der Waals surface area contributed by atoms with Crippen molar-refractivity contribution in [2.24, 2.45) is 0 Å². The number of rotatable bonds is 4. The summed E-state index contributed by atoms with van der Waals surface area (Å²) in [5.74, 6) is -0.419. The van der Waals surface area contributed by atoms with Gasteiger partial charge in [0.2, 0.25) is 0 Å². The van der Waals surface area contributed by atoms with E-state index in [9.17, 15) is 4.79 Å². The molecule has 0 saturated heterocycles. The molecular weight excluding hydrogens is 292 g/mol. The molecule has 3 nitrogen and oxygen atoms in total. The number of carbonyl (C=O) groups is 1. The quantitative estimate of drug-likeness (QED) is 0.932. The summed E-state index contributed by atoms with van der Waals surface area (Å²) in [4.78, 5) is 13.7. The van der Waals surface area contributed by atoms with Crippen molar-refractivity contribution in [3.8, 4) is 5.75 Å². The third-order valence-electron chi connectivity index (χ3n) is 3.15. The number of benzene rings is 1. The van der Waals surface area contributed by atoms with Crippen LogP contribution in [0.4, 0.5) is 0 Å². The molecule has 3 rings (SSSR count). The highest BCUT2D eigenvalue weighted by atomic mass is 32.2. The van der Waals surface area contributed by atoms with Crippen molar-refractivity contribution in [3.63, 3.8) is 0 Å². The number of thiophene rings is 1. The molecule has 1 aliphatic rings. The van der Waals surface area contributed by atoms with Crippen molar-refractivity contribution in [1.82, 2.24) is 0 Å². The summed E-state index contributed by atoms with van der Waals surface area (Å²) in [5, 5.41) is 9.49. The maximum absolute atomic E-state index is 11.1. The zero-order valence-corrected chi connectivity index (χ0v) is 12.6. The van der Waals surface area contributed by atoms with Gasteiger partial charge >= 0.3 is 5.97 Å². The van der Waals surface area contributed by atoms with Gasteiger partial charge in [-0.2, -0.15) is 0 Å². The Balaban J connectivity index is 1.66. The molecule has 1 N–H and O–H groups in total. The predicted octanol–water partition coefficient (Wildman–Crippen LogP) is 3.85. The van der Waals surface area contributed by atoms with E-state index in [0.717, 1.165) is 11.3 Å². The molecule has 0 bridgehead atoms. The van der Waals surface area contributed by atoms with Gasteiger partial charge in [0, 0.05) is 15.0 Å². The first-order valence-corrected chi connectivity index (χ1v) is 8.04. The molecule has 1 aliphatic heterocycles. The maximum Gasteiger partial charge on any atom is 0.349 e. The Morgan fingerprint density at radius 2 is 2.25 bits per heavy atom. The van der Waals surface area contributed by atoms with Gasteiger partial charge in [-0.1, -0.05) is 18.2 Å². The third kappa shape index (κ3) is 2.69. The van der Waals surface area contributed by atoms with Crippen LogP contribution in [0.5, 0.6) is 5.75 Å². The van der Waals surface area contributed by atoms with E-state index in [1.807, 2.05) is 30.8 Å². The second-order valence-corrected chi connectivity index (χ2v) is 7.32. The molecule has 0 aliphatic carbocycles. The van der Waals surface area contributed by atoms with Crippen molar-refractivity contribution in [3.05, 3.63) is 45.6 Å². The Morgan fingerprint density at radius 3 is 3.00 bits per heavy atom. The Morgan fingerprint density at radius 1 is 1.45 bits per heavy atom. The van der Waals surface area contributed by atoms with E-state index in [0.29, 0.717) is 22.5 Å². The largest absolute Gasteiger partial charge is 0.491 e. The van der Waals surface area contributed by atoms with Crippen LogP contribution in [0.1, 0.15) is 20.1 Å². The van der Waals surface area contributed by atoms with Gasteiger partial charge in [0.25, 0.3) is 0 Å². The number of aryl methyl sites for hydroxylation is 1. The first-order valence-electron chi connectivity index (χ1n) is 6.34. The van der Waals surface area contributed by atoms with Gasteiger partial charge in [-0.15, -0.1) is 23.1 Å². The highest BCUT2D eigenvalue weighted by Crippen LogP contribution is 2.37. The minimum absolute atomic E-state index is 0.294. The zero-order valence-electron chi connectivity index (χ0n) is 11.0. The number of fused-ring (bicyclic) bond motifs is 1. The molecule has 2 aromatic rings. The van der Waals surface area contributed by atoms with E-state index in [4.69, 9.17) is 9.84 Å². The van der Waals surface area contributed by atoms with Gasteiger partial charge in [-0.05, 0) is 31.0 Å². The Labute approximate surface area is 125 Å². The lowest BCUT2D eigenvalue weighted by Crippen LogP contribution is -2.14. The zero-order chi connectivity index (χ0) is 14.1. The molecule has 1 aromatic carbocycles. The number of carboxylic acids is 1. The van der Waals surface area contributed by atoms with Crippen molar-refractivity contribution in [2.45, 2.75) is 23.5 Å². The fourth-order valence-electron chi connectivity index (χ4n) is 2.28. The van der Waals surface area contributed by atoms with E-state index >= 15 is 0 Å². The lowest BCUT2D eigenvalue weighted by Gasteiger charge is -2.10. The standard InChI is InChI=1S/C15H14O3S2/c1-9-6-12(14(19-9)15(16)17)18-8-11-7-10-4-2-3-5-13(10)20-11/h2-6,11H,7-8H2,1H3,(H,16,17). The van der Waals surface area contributed by atoms with E-state index in [-0.39, 0.29) is 0 Å². The highest BCUT2D eigenvalue weighted by molar-refractivity contribution is 8.00. The molecule has 20 heavy (non-hydrogen) atoms. The van der Waals surface area contributed by atoms with Crippen molar-refractivity contribution < 1.29 is 14.6 Å². The average molecular weight is 306 g/mol. The van der Waals surface area contributed by atoms with Crippen LogP contribution in [0.25, 0.3) is 0 Å². The molecule has 0 fully saturated rings. The van der Waals surface area contributed by atoms with Gasteiger partial charge in [-0.25, -0.2) is 4.79 Å². The monoisotopic (exact) mass is 306 g/mol. The molecular formula is C15H14O3S2. The van der Waals surface area contributed by atoms with Gasteiger partial charge < -0.3 is 9.84 Å². The van der Waals surface area contributed by atoms with Gasteiger partial charge in [-0.3, -0.25) is 0 Å². The average Bonchev–Trinajstić information content (AvgIpc) is 2.99. The summed E-state index contributed by atoms with van der Waals surface area (Å²) >= 11 is 3.07. The van der Waals surface area contributed by atoms with E-state index in [1.54, 1.807) is 6.07 Å². The van der Waals surface area contributed by atoms with Crippen LogP contribution in [-0.4, -0.2) is 22.9 Å². The van der Waals surface area contributed by atoms with Crippen molar-refractivity contribution >= 4 is 29.1 Å². The predicted molar refractivity (Wildman–Crippen MR) is 81.3 cm³/mol. The minimum atomic E-state index is -0.916. The molecule has 5 heteroatoms. The Kier molecular flexibility index (Phi) is 3.72. The van der Waals surface area contributed by atoms with Crippen LogP contribution in [0.2, 0.25) is 0 Å². The summed E-state index contributed by atoms with van der Waals surface area (Å²) in [6.07, 6.45) is 0.979. The molecule has 0 spiro atoms. The van der Waals surface area contributed by atoms with Crippen LogP contribution in [0.15, 0.2) is 35.2 Å². The molecule has 1 aromatic heterocycles. The van der Waals surface area contributed by atoms with Crippen molar-refractivity contribution in [2.75, 3.05) is 6.61 Å². The lowest BCUT2D eigenvalue weighted by molar-refractivity contribution is 0.0698. The molecule has 2 heterocycles. The number of thioether (sulfide) groups is 1. The van der Waals surface area contributed by atoms with E-state index in [2.05, 4.69) is 12.1 Å². The second kappa shape index (κ2) is 5.50. The number of hydrogen-bond donors (Lipinski definition) is 1. The number of ether oxygens (including phenoxy) is 1. The third-order valence-corrected chi connectivity index (χ3v) is 5.46. The normalized spacial score (nSPS) is 16.9. The first kappa shape index (κ1) is 13.5. The van der Waals surface area contributed by atoms with Crippen LogP contribution >= 0.6 is 23.1 Å². The van der Waals surface area contributed by atoms with Crippen molar-refractivity contribution in [1.29, 1.82) is 0 Å². The molecule has 0 radical (unpaired) electrons. The number of aromatic carboxylic acids is 1. The summed E-state index contributed by atoms with van der Waals surface area (Å²) < 4.78 is 5.74. The minimum Gasteiger partial charge on any atom is -0.491 e. The summed E-state index contributed by atoms with van der Waals surface area (Å²) in [5.41, 5.74) is 1.35. The molecule has 104 valence electrons. The summed E-state index contributed by atoms with van der Waals surface area (Å²) in [6, 6.07) is 10.2. The Hall–Kier alpha value is -1.46. The number of carboxylic acid groups (broad SMARTS) is 1. The molecule has 0 amide bonds. The summed E-state index contributed by atoms with van der Waals surface area (Å²) in [6.45, 7) is 2.43. The topological polar surface area (TPSA) is 46.5 Å². The first-order chi connectivity index (χ1) is 9.63. The van der Waals surface area contributed by atoms with Gasteiger partial charge in [0.1, 0.15) is 12.4 Å². The maximum atomic E-state index is 11.1. The van der Waals surface area contributed by atoms with E-state index in [1.165, 1.54) is 21.8 Å².